The molecule has 0 aliphatic heterocycles. The first-order chi connectivity index (χ1) is 9.90. The molecule has 0 saturated carbocycles. The Morgan fingerprint density at radius 1 is 1.48 bits per heavy atom. The van der Waals surface area contributed by atoms with Crippen molar-refractivity contribution in [2.45, 2.75) is 11.3 Å². The van der Waals surface area contributed by atoms with Crippen LogP contribution in [0.25, 0.3) is 0 Å². The van der Waals surface area contributed by atoms with Crippen LogP contribution in [0.2, 0.25) is 5.02 Å². The molecule has 0 spiro atoms. The Kier molecular flexibility index (Phi) is 4.94. The maximum atomic E-state index is 12.2. The molecule has 112 valence electrons. The summed E-state index contributed by atoms with van der Waals surface area (Å²) in [4.78, 5) is 6.91. The highest BCUT2D eigenvalue weighted by Gasteiger charge is 2.18. The Labute approximate surface area is 132 Å². The van der Waals surface area contributed by atoms with E-state index in [2.05, 4.69) is 14.7 Å². The van der Waals surface area contributed by atoms with Crippen LogP contribution in [-0.2, 0) is 16.4 Å². The molecule has 9 heteroatoms. The van der Waals surface area contributed by atoms with Crippen molar-refractivity contribution in [3.8, 4) is 0 Å². The van der Waals surface area contributed by atoms with E-state index in [1.54, 1.807) is 6.20 Å². The maximum absolute atomic E-state index is 12.2. The minimum atomic E-state index is -3.69. The molecule has 6 nitrogen and oxygen atoms in total. The molecule has 0 fully saturated rings. The zero-order valence-electron chi connectivity index (χ0n) is 10.8. The summed E-state index contributed by atoms with van der Waals surface area (Å²) in [6.45, 7) is 0.234. The monoisotopic (exact) mass is 344 g/mol. The number of aromatic nitrogens is 2. The van der Waals surface area contributed by atoms with E-state index in [-0.39, 0.29) is 21.5 Å². The molecule has 2 rings (SSSR count). The molecule has 2 aromatic rings. The standard InChI is InChI=1S/C12H13ClN4O2S2/c13-10-5-8(12(14)20)1-2-11(10)21(18,19)17-4-3-9-6-15-7-16-9/h1-2,5-7,17H,3-4H2,(H2,14,20)(H,15,16). The van der Waals surface area contributed by atoms with E-state index < -0.39 is 10.0 Å². The number of nitrogens with two attached hydrogens (primary N) is 1. The number of aromatic amines is 1. The Balaban J connectivity index is 2.10. The minimum absolute atomic E-state index is 0.00576. The lowest BCUT2D eigenvalue weighted by molar-refractivity contribution is 0.581. The molecule has 1 aromatic carbocycles. The Hall–Kier alpha value is -1.48. The van der Waals surface area contributed by atoms with Gasteiger partial charge in [0.15, 0.2) is 0 Å². The van der Waals surface area contributed by atoms with Gasteiger partial charge in [-0.3, -0.25) is 0 Å². The third kappa shape index (κ3) is 4.01. The van der Waals surface area contributed by atoms with Crippen LogP contribution in [0.4, 0.5) is 0 Å². The number of benzene rings is 1. The normalized spacial score (nSPS) is 11.5. The Morgan fingerprint density at radius 3 is 2.81 bits per heavy atom. The van der Waals surface area contributed by atoms with Gasteiger partial charge in [0.25, 0.3) is 0 Å². The lowest BCUT2D eigenvalue weighted by Crippen LogP contribution is -2.26. The van der Waals surface area contributed by atoms with Crippen molar-refractivity contribution >= 4 is 38.8 Å². The first-order valence-electron chi connectivity index (χ1n) is 5.96. The van der Waals surface area contributed by atoms with Gasteiger partial charge in [-0.2, -0.15) is 0 Å². The number of nitrogens with one attached hydrogen (secondary N) is 2. The third-order valence-corrected chi connectivity index (χ3v) is 4.93. The number of sulfonamides is 1. The van der Waals surface area contributed by atoms with Crippen molar-refractivity contribution in [3.63, 3.8) is 0 Å². The van der Waals surface area contributed by atoms with Crippen molar-refractivity contribution < 1.29 is 8.42 Å². The quantitative estimate of drug-likeness (QED) is 0.684. The zero-order chi connectivity index (χ0) is 15.5. The Bertz CT molecular complexity index is 745. The second-order valence-electron chi connectivity index (χ2n) is 4.23. The molecule has 1 heterocycles. The van der Waals surface area contributed by atoms with Gasteiger partial charge < -0.3 is 10.7 Å². The van der Waals surface area contributed by atoms with Gasteiger partial charge in [-0.15, -0.1) is 0 Å². The summed E-state index contributed by atoms with van der Waals surface area (Å²) in [6, 6.07) is 4.35. The minimum Gasteiger partial charge on any atom is -0.389 e. The summed E-state index contributed by atoms with van der Waals surface area (Å²) in [6.07, 6.45) is 3.68. The average Bonchev–Trinajstić information content (AvgIpc) is 2.91. The molecule has 21 heavy (non-hydrogen) atoms. The largest absolute Gasteiger partial charge is 0.389 e. The first kappa shape index (κ1) is 15.9. The zero-order valence-corrected chi connectivity index (χ0v) is 13.2. The topological polar surface area (TPSA) is 101 Å². The molecular formula is C12H13ClN4O2S2. The summed E-state index contributed by atoms with van der Waals surface area (Å²) in [7, 11) is -3.69. The fraction of sp³-hybridized carbons (Fsp3) is 0.167. The summed E-state index contributed by atoms with van der Waals surface area (Å²) in [5, 5.41) is 0.0781. The number of rotatable bonds is 6. The second kappa shape index (κ2) is 6.52. The van der Waals surface area contributed by atoms with E-state index in [0.717, 1.165) is 5.69 Å². The highest BCUT2D eigenvalue weighted by molar-refractivity contribution is 7.89. The van der Waals surface area contributed by atoms with E-state index in [1.807, 2.05) is 0 Å². The number of H-pyrrole nitrogens is 1. The highest BCUT2D eigenvalue weighted by Crippen LogP contribution is 2.22. The Morgan fingerprint density at radius 2 is 2.24 bits per heavy atom. The predicted molar refractivity (Wildman–Crippen MR) is 84.8 cm³/mol. The third-order valence-electron chi connectivity index (χ3n) is 2.75. The molecule has 4 N–H and O–H groups in total. The molecule has 0 aliphatic carbocycles. The fourth-order valence-corrected chi connectivity index (χ4v) is 3.39. The average molecular weight is 345 g/mol. The van der Waals surface area contributed by atoms with Gasteiger partial charge in [0.2, 0.25) is 10.0 Å². The molecule has 0 atom stereocenters. The highest BCUT2D eigenvalue weighted by atomic mass is 35.5. The van der Waals surface area contributed by atoms with E-state index in [9.17, 15) is 8.42 Å². The second-order valence-corrected chi connectivity index (χ2v) is 6.82. The SMILES string of the molecule is NC(=S)c1ccc(S(=O)(=O)NCCc2cnc[nH]2)c(Cl)c1. The summed E-state index contributed by atoms with van der Waals surface area (Å²) in [5.74, 6) is 0. The van der Waals surface area contributed by atoms with Gasteiger partial charge in [0, 0.05) is 30.4 Å². The van der Waals surface area contributed by atoms with Crippen LogP contribution < -0.4 is 10.5 Å². The van der Waals surface area contributed by atoms with Gasteiger partial charge in [-0.1, -0.05) is 29.9 Å². The maximum Gasteiger partial charge on any atom is 0.242 e. The van der Waals surface area contributed by atoms with Crippen molar-refractivity contribution in [1.29, 1.82) is 0 Å². The van der Waals surface area contributed by atoms with Crippen LogP contribution in [0.3, 0.4) is 0 Å². The predicted octanol–water partition coefficient (Wildman–Crippen LogP) is 1.22. The van der Waals surface area contributed by atoms with E-state index in [0.29, 0.717) is 12.0 Å². The van der Waals surface area contributed by atoms with Crippen LogP contribution in [0, 0.1) is 0 Å². The number of halogens is 1. The van der Waals surface area contributed by atoms with Crippen LogP contribution >= 0.6 is 23.8 Å². The van der Waals surface area contributed by atoms with Gasteiger partial charge in [-0.25, -0.2) is 18.1 Å². The van der Waals surface area contributed by atoms with Crippen molar-refractivity contribution in [1.82, 2.24) is 14.7 Å². The van der Waals surface area contributed by atoms with Crippen LogP contribution in [0.5, 0.6) is 0 Å². The summed E-state index contributed by atoms with van der Waals surface area (Å²) in [5.41, 5.74) is 6.83. The number of hydrogen-bond acceptors (Lipinski definition) is 4. The van der Waals surface area contributed by atoms with Crippen molar-refractivity contribution in [2.75, 3.05) is 6.54 Å². The van der Waals surface area contributed by atoms with Crippen LogP contribution in [0.1, 0.15) is 11.3 Å². The number of nitrogens with zero attached hydrogens (tertiary/aromatic N) is 1. The van der Waals surface area contributed by atoms with Gasteiger partial charge >= 0.3 is 0 Å². The molecule has 0 bridgehead atoms. The molecule has 1 aromatic heterocycles. The van der Waals surface area contributed by atoms with Gasteiger partial charge in [-0.05, 0) is 12.1 Å². The van der Waals surface area contributed by atoms with Crippen LogP contribution in [0.15, 0.2) is 35.6 Å². The van der Waals surface area contributed by atoms with Crippen molar-refractivity contribution in [2.24, 2.45) is 5.73 Å². The molecular weight excluding hydrogens is 332 g/mol. The van der Waals surface area contributed by atoms with E-state index in [4.69, 9.17) is 29.6 Å². The molecule has 0 amide bonds. The van der Waals surface area contributed by atoms with Crippen LogP contribution in [-0.4, -0.2) is 29.9 Å². The summed E-state index contributed by atoms with van der Waals surface area (Å²) < 4.78 is 26.8. The van der Waals surface area contributed by atoms with Gasteiger partial charge in [0.05, 0.1) is 11.3 Å². The fourth-order valence-electron chi connectivity index (χ4n) is 1.69. The van der Waals surface area contributed by atoms with Crippen molar-refractivity contribution in [3.05, 3.63) is 47.0 Å². The van der Waals surface area contributed by atoms with E-state index >= 15 is 0 Å². The molecule has 0 aliphatic rings. The molecule has 0 radical (unpaired) electrons. The first-order valence-corrected chi connectivity index (χ1v) is 8.23. The van der Waals surface area contributed by atoms with Gasteiger partial charge in [0.1, 0.15) is 9.88 Å². The lowest BCUT2D eigenvalue weighted by Gasteiger charge is -2.09. The smallest absolute Gasteiger partial charge is 0.242 e. The van der Waals surface area contributed by atoms with E-state index in [1.165, 1.54) is 24.5 Å². The number of imidazole rings is 1. The number of thiocarbonyl (C=S) groups is 1. The summed E-state index contributed by atoms with van der Waals surface area (Å²) >= 11 is 10.8. The molecule has 0 saturated heterocycles. The number of hydrogen-bond donors (Lipinski definition) is 3. The lowest BCUT2D eigenvalue weighted by atomic mass is 10.2. The molecule has 0 unspecified atom stereocenters.